The highest BCUT2D eigenvalue weighted by Crippen LogP contribution is 2.27. The van der Waals surface area contributed by atoms with Gasteiger partial charge >= 0.3 is 5.69 Å². The highest BCUT2D eigenvalue weighted by molar-refractivity contribution is 6.36. The molecule has 0 aliphatic rings. The number of hydrogen-bond acceptors (Lipinski definition) is 5. The second kappa shape index (κ2) is 8.99. The van der Waals surface area contributed by atoms with E-state index in [2.05, 4.69) is 15.6 Å². The van der Waals surface area contributed by atoms with E-state index in [0.717, 1.165) is 4.57 Å². The maximum Gasteiger partial charge on any atom is 0.332 e. The van der Waals surface area contributed by atoms with Gasteiger partial charge in [0.2, 0.25) is 11.9 Å². The number of carbonyl (C=O) groups excluding carboxylic acids is 1. The summed E-state index contributed by atoms with van der Waals surface area (Å²) in [5, 5.41) is 6.90. The Bertz CT molecular complexity index is 1280. The Labute approximate surface area is 195 Å². The molecule has 172 valence electrons. The first-order chi connectivity index (χ1) is 14.9. The minimum atomic E-state index is -0.502. The highest BCUT2D eigenvalue weighted by Gasteiger charge is 2.22. The van der Waals surface area contributed by atoms with Gasteiger partial charge in [-0.25, -0.2) is 4.79 Å². The van der Waals surface area contributed by atoms with Gasteiger partial charge in [-0.1, -0.05) is 50.0 Å². The molecule has 11 heteroatoms. The fourth-order valence-corrected chi connectivity index (χ4v) is 3.71. The lowest BCUT2D eigenvalue weighted by Crippen LogP contribution is -2.37. The average molecular weight is 481 g/mol. The summed E-state index contributed by atoms with van der Waals surface area (Å²) in [6.45, 7) is 6.37. The summed E-state index contributed by atoms with van der Waals surface area (Å²) in [4.78, 5) is 41.9. The lowest BCUT2D eigenvalue weighted by Gasteiger charge is -2.18. The Morgan fingerprint density at radius 3 is 2.28 bits per heavy atom. The average Bonchev–Trinajstić information content (AvgIpc) is 3.08. The van der Waals surface area contributed by atoms with Gasteiger partial charge in [-0.3, -0.25) is 23.3 Å². The molecule has 2 N–H and O–H groups in total. The van der Waals surface area contributed by atoms with Crippen molar-refractivity contribution < 1.29 is 4.79 Å². The summed E-state index contributed by atoms with van der Waals surface area (Å²) in [5.74, 6) is 0.284. The van der Waals surface area contributed by atoms with Gasteiger partial charge in [-0.15, -0.1) is 0 Å². The van der Waals surface area contributed by atoms with Gasteiger partial charge in [-0.05, 0) is 12.1 Å². The summed E-state index contributed by atoms with van der Waals surface area (Å²) >= 11 is 12.7. The minimum absolute atomic E-state index is 0.0769. The number of aryl methyl sites for hydroxylation is 1. The molecular weight excluding hydrogens is 455 g/mol. The van der Waals surface area contributed by atoms with Crippen molar-refractivity contribution in [2.45, 2.75) is 27.3 Å². The van der Waals surface area contributed by atoms with Crippen molar-refractivity contribution in [3.8, 4) is 0 Å². The fraction of sp³-hybridized carbons (Fsp3) is 0.429. The number of aromatic nitrogens is 4. The van der Waals surface area contributed by atoms with E-state index in [1.807, 2.05) is 20.8 Å². The first-order valence-electron chi connectivity index (χ1n) is 10.0. The largest absolute Gasteiger partial charge is 0.354 e. The predicted octanol–water partition coefficient (Wildman–Crippen LogP) is 2.36. The van der Waals surface area contributed by atoms with Crippen LogP contribution in [0, 0.1) is 5.41 Å². The quantitative estimate of drug-likeness (QED) is 0.527. The van der Waals surface area contributed by atoms with Gasteiger partial charge in [0.15, 0.2) is 11.2 Å². The smallest absolute Gasteiger partial charge is 0.332 e. The van der Waals surface area contributed by atoms with E-state index in [4.69, 9.17) is 23.2 Å². The van der Waals surface area contributed by atoms with Gasteiger partial charge in [-0.2, -0.15) is 4.98 Å². The molecule has 3 aromatic rings. The molecule has 0 saturated heterocycles. The molecule has 9 nitrogen and oxygen atoms in total. The van der Waals surface area contributed by atoms with E-state index in [1.54, 1.807) is 29.8 Å². The Hall–Kier alpha value is -2.78. The summed E-state index contributed by atoms with van der Waals surface area (Å²) in [7, 11) is 2.97. The van der Waals surface area contributed by atoms with Crippen molar-refractivity contribution in [1.82, 2.24) is 24.0 Å². The molecule has 0 bridgehead atoms. The molecule has 3 rings (SSSR count). The van der Waals surface area contributed by atoms with Crippen LogP contribution < -0.4 is 21.9 Å². The van der Waals surface area contributed by atoms with Crippen molar-refractivity contribution in [3.63, 3.8) is 0 Å². The van der Waals surface area contributed by atoms with Crippen molar-refractivity contribution in [2.24, 2.45) is 19.5 Å². The lowest BCUT2D eigenvalue weighted by atomic mass is 9.96. The maximum atomic E-state index is 13.0. The standard InChI is InChI=1S/C21H26Cl2N6O3/c1-21(2,3)18(31)24-9-10-25-19-26-16-15(17(30)28(5)20(32)27(16)4)29(19)11-12-13(22)7-6-8-14(12)23/h6-8H,9-11H2,1-5H3,(H,24,31)(H,25,26). The molecule has 1 amide bonds. The molecule has 0 aliphatic carbocycles. The molecule has 0 unspecified atom stereocenters. The lowest BCUT2D eigenvalue weighted by molar-refractivity contribution is -0.128. The van der Waals surface area contributed by atoms with Gasteiger partial charge < -0.3 is 10.6 Å². The van der Waals surface area contributed by atoms with Gasteiger partial charge in [0.25, 0.3) is 5.56 Å². The van der Waals surface area contributed by atoms with Crippen LogP contribution >= 0.6 is 23.2 Å². The maximum absolute atomic E-state index is 13.0. The number of anilines is 1. The van der Waals surface area contributed by atoms with Crippen LogP contribution in [0.1, 0.15) is 26.3 Å². The van der Waals surface area contributed by atoms with Crippen LogP contribution in [0.4, 0.5) is 5.95 Å². The molecule has 0 aliphatic heterocycles. The first-order valence-corrected chi connectivity index (χ1v) is 10.8. The van der Waals surface area contributed by atoms with Crippen molar-refractivity contribution >= 4 is 46.2 Å². The van der Waals surface area contributed by atoms with Gasteiger partial charge in [0, 0.05) is 48.2 Å². The fourth-order valence-electron chi connectivity index (χ4n) is 3.19. The monoisotopic (exact) mass is 480 g/mol. The Morgan fingerprint density at radius 1 is 1.06 bits per heavy atom. The van der Waals surface area contributed by atoms with Crippen molar-refractivity contribution in [2.75, 3.05) is 18.4 Å². The number of benzene rings is 1. The molecular formula is C21H26Cl2N6O3. The molecule has 0 saturated carbocycles. The van der Waals surface area contributed by atoms with Crippen molar-refractivity contribution in [3.05, 3.63) is 54.6 Å². The SMILES string of the molecule is Cn1c(=O)c2c(nc(NCCNC(=O)C(C)(C)C)n2Cc2c(Cl)cccc2Cl)n(C)c1=O. The van der Waals surface area contributed by atoms with Crippen molar-refractivity contribution in [1.29, 1.82) is 0 Å². The van der Waals surface area contributed by atoms with Crippen LogP contribution in [0.25, 0.3) is 11.2 Å². The van der Waals surface area contributed by atoms with Gasteiger partial charge in [0.1, 0.15) is 0 Å². The third-order valence-corrected chi connectivity index (χ3v) is 5.81. The van der Waals surface area contributed by atoms with Crippen LogP contribution in [0.5, 0.6) is 0 Å². The first kappa shape index (κ1) is 23.9. The summed E-state index contributed by atoms with van der Waals surface area (Å²) in [5.41, 5.74) is -0.359. The number of carbonyl (C=O) groups is 1. The van der Waals surface area contributed by atoms with E-state index in [0.29, 0.717) is 34.6 Å². The zero-order valence-corrected chi connectivity index (χ0v) is 20.1. The predicted molar refractivity (Wildman–Crippen MR) is 127 cm³/mol. The highest BCUT2D eigenvalue weighted by atomic mass is 35.5. The van der Waals surface area contributed by atoms with Crippen LogP contribution in [0.2, 0.25) is 10.0 Å². The number of amides is 1. The molecule has 0 atom stereocenters. The number of hydrogen-bond donors (Lipinski definition) is 2. The molecule has 1 aromatic carbocycles. The zero-order chi connectivity index (χ0) is 23.8. The third-order valence-electron chi connectivity index (χ3n) is 5.10. The number of fused-ring (bicyclic) bond motifs is 1. The van der Waals surface area contributed by atoms with Crippen LogP contribution in [-0.4, -0.2) is 37.7 Å². The number of rotatable bonds is 6. The minimum Gasteiger partial charge on any atom is -0.354 e. The Balaban J connectivity index is 2.03. The van der Waals surface area contributed by atoms with Crippen LogP contribution in [0.3, 0.4) is 0 Å². The van der Waals surface area contributed by atoms with E-state index in [1.165, 1.54) is 11.6 Å². The topological polar surface area (TPSA) is 103 Å². The Morgan fingerprint density at radius 2 is 1.69 bits per heavy atom. The second-order valence-corrected chi connectivity index (χ2v) is 9.35. The van der Waals surface area contributed by atoms with E-state index < -0.39 is 16.7 Å². The summed E-state index contributed by atoms with van der Waals surface area (Å²) < 4.78 is 3.99. The summed E-state index contributed by atoms with van der Waals surface area (Å²) in [6.07, 6.45) is 0. The second-order valence-electron chi connectivity index (χ2n) is 8.53. The van der Waals surface area contributed by atoms with E-state index >= 15 is 0 Å². The summed E-state index contributed by atoms with van der Waals surface area (Å²) in [6, 6.07) is 5.16. The van der Waals surface area contributed by atoms with Crippen LogP contribution in [0.15, 0.2) is 27.8 Å². The van der Waals surface area contributed by atoms with E-state index in [-0.39, 0.29) is 23.6 Å². The number of nitrogens with zero attached hydrogens (tertiary/aromatic N) is 4. The van der Waals surface area contributed by atoms with Gasteiger partial charge in [0.05, 0.1) is 6.54 Å². The molecule has 32 heavy (non-hydrogen) atoms. The molecule has 2 heterocycles. The molecule has 0 fully saturated rings. The number of halogens is 2. The zero-order valence-electron chi connectivity index (χ0n) is 18.6. The molecule has 0 spiro atoms. The number of imidazole rings is 1. The van der Waals surface area contributed by atoms with E-state index in [9.17, 15) is 14.4 Å². The Kier molecular flexibility index (Phi) is 6.71. The number of nitrogens with one attached hydrogen (secondary N) is 2. The molecule has 0 radical (unpaired) electrons. The molecule has 2 aromatic heterocycles. The van der Waals surface area contributed by atoms with Crippen LogP contribution in [-0.2, 0) is 25.4 Å². The normalized spacial score (nSPS) is 11.7. The third kappa shape index (κ3) is 4.54.